The van der Waals surface area contributed by atoms with Crippen LogP contribution in [0.2, 0.25) is 0 Å². The van der Waals surface area contributed by atoms with E-state index < -0.39 is 0 Å². The van der Waals surface area contributed by atoms with Crippen molar-refractivity contribution in [3.05, 3.63) is 18.0 Å². The van der Waals surface area contributed by atoms with E-state index in [-0.39, 0.29) is 24.4 Å². The number of hydrogen-bond acceptors (Lipinski definition) is 4. The summed E-state index contributed by atoms with van der Waals surface area (Å²) >= 11 is 0. The van der Waals surface area contributed by atoms with Crippen LogP contribution in [0.4, 0.5) is 0 Å². The molecule has 1 unspecified atom stereocenters. The molecule has 1 aromatic heterocycles. The molecular weight excluding hydrogens is 306 g/mol. The smallest absolute Gasteiger partial charge is 0.257 e. The predicted molar refractivity (Wildman–Crippen MR) is 90.6 cm³/mol. The molecular formula is C17H27N5O2. The highest BCUT2D eigenvalue weighted by Gasteiger charge is 2.25. The van der Waals surface area contributed by atoms with E-state index in [2.05, 4.69) is 15.7 Å². The Kier molecular flexibility index (Phi) is 5.50. The molecule has 1 saturated heterocycles. The van der Waals surface area contributed by atoms with Crippen LogP contribution in [0, 0.1) is 0 Å². The number of nitrogens with one attached hydrogen (secondary N) is 2. The minimum atomic E-state index is -0.0282. The molecule has 1 saturated carbocycles. The standard InChI is InChI=1S/C17H27N5O2/c1-13-9-18-7-8-22(13)17(24)14-10-19-21(11-14)12-16(23)20-15-5-3-2-4-6-15/h10-11,13,15,18H,2-9,12H2,1H3,(H,20,23). The highest BCUT2D eigenvalue weighted by molar-refractivity contribution is 5.94. The van der Waals surface area contributed by atoms with Gasteiger partial charge in [0.25, 0.3) is 5.91 Å². The molecule has 1 aliphatic heterocycles. The number of nitrogens with zero attached hydrogens (tertiary/aromatic N) is 3. The second kappa shape index (κ2) is 7.79. The molecule has 0 radical (unpaired) electrons. The van der Waals surface area contributed by atoms with Gasteiger partial charge in [-0.25, -0.2) is 0 Å². The van der Waals surface area contributed by atoms with Gasteiger partial charge in [0.1, 0.15) is 6.54 Å². The molecule has 1 atom stereocenters. The third kappa shape index (κ3) is 4.14. The number of amides is 2. The summed E-state index contributed by atoms with van der Waals surface area (Å²) in [7, 11) is 0. The Morgan fingerprint density at radius 1 is 1.33 bits per heavy atom. The number of aromatic nitrogens is 2. The van der Waals surface area contributed by atoms with Gasteiger partial charge in [0.05, 0.1) is 11.8 Å². The minimum Gasteiger partial charge on any atom is -0.352 e. The Hall–Kier alpha value is -1.89. The molecule has 2 N–H and O–H groups in total. The summed E-state index contributed by atoms with van der Waals surface area (Å²) in [6, 6.07) is 0.466. The Morgan fingerprint density at radius 2 is 2.12 bits per heavy atom. The third-order valence-electron chi connectivity index (χ3n) is 4.92. The topological polar surface area (TPSA) is 79.3 Å². The van der Waals surface area contributed by atoms with E-state index >= 15 is 0 Å². The summed E-state index contributed by atoms with van der Waals surface area (Å²) in [5, 5.41) is 10.5. The van der Waals surface area contributed by atoms with Crippen molar-refractivity contribution in [3.8, 4) is 0 Å². The van der Waals surface area contributed by atoms with Crippen molar-refractivity contribution < 1.29 is 9.59 Å². The first-order chi connectivity index (χ1) is 11.6. The first kappa shape index (κ1) is 17.0. The van der Waals surface area contributed by atoms with E-state index in [0.29, 0.717) is 18.2 Å². The summed E-state index contributed by atoms with van der Waals surface area (Å²) < 4.78 is 1.55. The van der Waals surface area contributed by atoms with E-state index in [1.165, 1.54) is 19.3 Å². The maximum Gasteiger partial charge on any atom is 0.257 e. The Balaban J connectivity index is 1.54. The molecule has 0 bridgehead atoms. The van der Waals surface area contributed by atoms with Crippen molar-refractivity contribution in [3.63, 3.8) is 0 Å². The van der Waals surface area contributed by atoms with Crippen LogP contribution in [0.3, 0.4) is 0 Å². The van der Waals surface area contributed by atoms with Gasteiger partial charge in [0, 0.05) is 37.9 Å². The van der Waals surface area contributed by atoms with Crippen LogP contribution in [0.25, 0.3) is 0 Å². The van der Waals surface area contributed by atoms with Crippen LogP contribution >= 0.6 is 0 Å². The summed E-state index contributed by atoms with van der Waals surface area (Å²) in [5.74, 6) is -0.0394. The van der Waals surface area contributed by atoms with Gasteiger partial charge in [-0.3, -0.25) is 14.3 Å². The average Bonchev–Trinajstić information content (AvgIpc) is 3.04. The van der Waals surface area contributed by atoms with Crippen LogP contribution in [-0.2, 0) is 11.3 Å². The zero-order valence-corrected chi connectivity index (χ0v) is 14.3. The maximum atomic E-state index is 12.6. The Labute approximate surface area is 142 Å². The van der Waals surface area contributed by atoms with Crippen LogP contribution in [0.15, 0.2) is 12.4 Å². The van der Waals surface area contributed by atoms with Crippen molar-refractivity contribution in [2.45, 2.75) is 57.7 Å². The SMILES string of the molecule is CC1CNCCN1C(=O)c1cnn(CC(=O)NC2CCCCC2)c1. The van der Waals surface area contributed by atoms with Crippen LogP contribution < -0.4 is 10.6 Å². The van der Waals surface area contributed by atoms with E-state index in [1.807, 2.05) is 11.8 Å². The Morgan fingerprint density at radius 3 is 2.88 bits per heavy atom. The lowest BCUT2D eigenvalue weighted by atomic mass is 9.95. The lowest BCUT2D eigenvalue weighted by Gasteiger charge is -2.33. The quantitative estimate of drug-likeness (QED) is 0.853. The number of carbonyl (C=O) groups excluding carboxylic acids is 2. The molecule has 1 aliphatic carbocycles. The summed E-state index contributed by atoms with van der Waals surface area (Å²) in [5.41, 5.74) is 0.550. The van der Waals surface area contributed by atoms with Crippen molar-refractivity contribution in [1.29, 1.82) is 0 Å². The van der Waals surface area contributed by atoms with Crippen LogP contribution in [0.1, 0.15) is 49.4 Å². The van der Waals surface area contributed by atoms with Crippen LogP contribution in [0.5, 0.6) is 0 Å². The van der Waals surface area contributed by atoms with E-state index in [0.717, 1.165) is 25.9 Å². The van der Waals surface area contributed by atoms with Crippen molar-refractivity contribution in [1.82, 2.24) is 25.3 Å². The molecule has 132 valence electrons. The molecule has 2 fully saturated rings. The largest absolute Gasteiger partial charge is 0.352 e. The highest BCUT2D eigenvalue weighted by atomic mass is 16.2. The number of carbonyl (C=O) groups is 2. The van der Waals surface area contributed by atoms with Crippen molar-refractivity contribution >= 4 is 11.8 Å². The summed E-state index contributed by atoms with van der Waals surface area (Å²) in [6.07, 6.45) is 9.01. The lowest BCUT2D eigenvalue weighted by molar-refractivity contribution is -0.122. The van der Waals surface area contributed by atoms with E-state index in [9.17, 15) is 9.59 Å². The zero-order chi connectivity index (χ0) is 16.9. The van der Waals surface area contributed by atoms with Gasteiger partial charge < -0.3 is 15.5 Å². The number of piperazine rings is 1. The minimum absolute atomic E-state index is 0.0112. The van der Waals surface area contributed by atoms with Crippen molar-refractivity contribution in [2.75, 3.05) is 19.6 Å². The fourth-order valence-corrected chi connectivity index (χ4v) is 3.54. The molecule has 7 nitrogen and oxygen atoms in total. The molecule has 24 heavy (non-hydrogen) atoms. The molecule has 0 aromatic carbocycles. The molecule has 7 heteroatoms. The van der Waals surface area contributed by atoms with Gasteiger partial charge in [-0.2, -0.15) is 5.10 Å². The fraction of sp³-hybridized carbons (Fsp3) is 0.706. The third-order valence-corrected chi connectivity index (χ3v) is 4.92. The monoisotopic (exact) mass is 333 g/mol. The summed E-state index contributed by atoms with van der Waals surface area (Å²) in [6.45, 7) is 4.53. The van der Waals surface area contributed by atoms with E-state index in [1.54, 1.807) is 17.1 Å². The molecule has 0 spiro atoms. The van der Waals surface area contributed by atoms with Gasteiger partial charge in [0.2, 0.25) is 5.91 Å². The van der Waals surface area contributed by atoms with E-state index in [4.69, 9.17) is 0 Å². The molecule has 3 rings (SSSR count). The average molecular weight is 333 g/mol. The van der Waals surface area contributed by atoms with Crippen LogP contribution in [-0.4, -0.2) is 58.2 Å². The lowest BCUT2D eigenvalue weighted by Crippen LogP contribution is -2.52. The number of hydrogen-bond donors (Lipinski definition) is 2. The van der Waals surface area contributed by atoms with Gasteiger partial charge >= 0.3 is 0 Å². The fourth-order valence-electron chi connectivity index (χ4n) is 3.54. The van der Waals surface area contributed by atoms with Gasteiger partial charge in [-0.15, -0.1) is 0 Å². The van der Waals surface area contributed by atoms with Gasteiger partial charge in [-0.05, 0) is 19.8 Å². The molecule has 2 heterocycles. The second-order valence-corrected chi connectivity index (χ2v) is 6.88. The second-order valence-electron chi connectivity index (χ2n) is 6.88. The predicted octanol–water partition coefficient (Wildman–Crippen LogP) is 0.766. The first-order valence-corrected chi connectivity index (χ1v) is 8.97. The molecule has 2 aliphatic rings. The van der Waals surface area contributed by atoms with Crippen molar-refractivity contribution in [2.24, 2.45) is 0 Å². The molecule has 2 amide bonds. The highest BCUT2D eigenvalue weighted by Crippen LogP contribution is 2.17. The summed E-state index contributed by atoms with van der Waals surface area (Å²) in [4.78, 5) is 26.6. The molecule has 1 aromatic rings. The number of rotatable bonds is 4. The normalized spacial score (nSPS) is 22.4. The Bertz CT molecular complexity index is 579. The van der Waals surface area contributed by atoms with Gasteiger partial charge in [0.15, 0.2) is 0 Å². The first-order valence-electron chi connectivity index (χ1n) is 8.97. The van der Waals surface area contributed by atoms with Gasteiger partial charge in [-0.1, -0.05) is 19.3 Å². The zero-order valence-electron chi connectivity index (χ0n) is 14.3. The maximum absolute atomic E-state index is 12.6.